The molecule has 0 aliphatic carbocycles. The quantitative estimate of drug-likeness (QED) is 0.424. The lowest BCUT2D eigenvalue weighted by molar-refractivity contribution is -0.108. The van der Waals surface area contributed by atoms with Crippen molar-refractivity contribution in [2.75, 3.05) is 0 Å². The lowest BCUT2D eigenvalue weighted by Gasteiger charge is -2.05. The number of hydrogen-bond donors (Lipinski definition) is 0. The molecule has 0 aliphatic heterocycles. The first-order valence-corrected chi connectivity index (χ1v) is 5.81. The lowest BCUT2D eigenvalue weighted by Crippen LogP contribution is -1.94. The second kappa shape index (κ2) is 8.98. The molecule has 0 N–H and O–H groups in total. The Kier molecular flexibility index (Phi) is 8.61. The van der Waals surface area contributed by atoms with Crippen molar-refractivity contribution in [1.82, 2.24) is 0 Å². The molecule has 14 heavy (non-hydrogen) atoms. The normalized spacial score (nSPS) is 15.6. The highest BCUT2D eigenvalue weighted by molar-refractivity contribution is 5.49. The van der Waals surface area contributed by atoms with Gasteiger partial charge >= 0.3 is 0 Å². The molecule has 1 heteroatoms. The molecule has 0 fully saturated rings. The summed E-state index contributed by atoms with van der Waals surface area (Å²) < 4.78 is 0. The van der Waals surface area contributed by atoms with Gasteiger partial charge in [0.05, 0.1) is 0 Å². The van der Waals surface area contributed by atoms with Crippen molar-refractivity contribution in [1.29, 1.82) is 0 Å². The summed E-state index contributed by atoms with van der Waals surface area (Å²) in [6.07, 6.45) is 11.1. The summed E-state index contributed by atoms with van der Waals surface area (Å²) in [4.78, 5) is 10.2. The maximum absolute atomic E-state index is 10.2. The largest absolute Gasteiger partial charge is 0.303 e. The van der Waals surface area contributed by atoms with Gasteiger partial charge in [0.25, 0.3) is 0 Å². The van der Waals surface area contributed by atoms with Crippen LogP contribution in [0, 0.1) is 11.8 Å². The average molecular weight is 196 g/mol. The van der Waals surface area contributed by atoms with E-state index in [2.05, 4.69) is 32.9 Å². The molecule has 0 heterocycles. The Bertz CT molecular complexity index is 161. The van der Waals surface area contributed by atoms with Gasteiger partial charge in [0.2, 0.25) is 0 Å². The predicted octanol–water partition coefficient (Wildman–Crippen LogP) is 3.98. The van der Waals surface area contributed by atoms with Crippen molar-refractivity contribution in [3.05, 3.63) is 12.2 Å². The van der Waals surface area contributed by atoms with Crippen molar-refractivity contribution >= 4 is 6.29 Å². The van der Waals surface area contributed by atoms with Gasteiger partial charge in [-0.05, 0) is 24.7 Å². The van der Waals surface area contributed by atoms with Crippen molar-refractivity contribution < 1.29 is 4.79 Å². The van der Waals surface area contributed by atoms with Crippen LogP contribution in [0.15, 0.2) is 12.2 Å². The summed E-state index contributed by atoms with van der Waals surface area (Å²) in [5, 5.41) is 0. The van der Waals surface area contributed by atoms with E-state index in [-0.39, 0.29) is 0 Å². The van der Waals surface area contributed by atoms with Gasteiger partial charge in [-0.3, -0.25) is 0 Å². The van der Waals surface area contributed by atoms with Crippen molar-refractivity contribution in [2.45, 2.75) is 52.9 Å². The molecule has 0 bridgehead atoms. The predicted molar refractivity (Wildman–Crippen MR) is 62.3 cm³/mol. The fraction of sp³-hybridized carbons (Fsp3) is 0.769. The first-order valence-electron chi connectivity index (χ1n) is 5.81. The Morgan fingerprint density at radius 3 is 2.50 bits per heavy atom. The molecule has 0 saturated heterocycles. The molecule has 0 rings (SSSR count). The van der Waals surface area contributed by atoms with E-state index in [0.717, 1.165) is 12.7 Å². The van der Waals surface area contributed by atoms with E-state index in [1.54, 1.807) is 0 Å². The fourth-order valence-corrected chi connectivity index (χ4v) is 1.43. The van der Waals surface area contributed by atoms with Gasteiger partial charge in [0, 0.05) is 6.42 Å². The van der Waals surface area contributed by atoms with Crippen LogP contribution in [0.25, 0.3) is 0 Å². The summed E-state index contributed by atoms with van der Waals surface area (Å²) in [5.41, 5.74) is 0. The minimum Gasteiger partial charge on any atom is -0.303 e. The Labute approximate surface area is 88.6 Å². The van der Waals surface area contributed by atoms with Crippen molar-refractivity contribution in [2.24, 2.45) is 11.8 Å². The molecule has 0 radical (unpaired) electrons. The molecule has 0 spiro atoms. The summed E-state index contributed by atoms with van der Waals surface area (Å²) in [7, 11) is 0. The lowest BCUT2D eigenvalue weighted by atomic mass is 10.0. The van der Waals surface area contributed by atoms with E-state index >= 15 is 0 Å². The van der Waals surface area contributed by atoms with Crippen LogP contribution in [0.3, 0.4) is 0 Å². The molecule has 2 atom stereocenters. The fourth-order valence-electron chi connectivity index (χ4n) is 1.43. The van der Waals surface area contributed by atoms with E-state index in [1.807, 2.05) is 0 Å². The zero-order valence-electron chi connectivity index (χ0n) is 9.83. The van der Waals surface area contributed by atoms with Gasteiger partial charge in [-0.15, -0.1) is 0 Å². The molecule has 1 nitrogen and oxygen atoms in total. The first-order chi connectivity index (χ1) is 6.70. The van der Waals surface area contributed by atoms with E-state index in [9.17, 15) is 4.79 Å². The third-order valence-electron chi connectivity index (χ3n) is 2.51. The van der Waals surface area contributed by atoms with Gasteiger partial charge in [-0.2, -0.15) is 0 Å². The molecular weight excluding hydrogens is 172 g/mol. The number of allylic oxidation sites excluding steroid dienone is 2. The maximum atomic E-state index is 10.2. The third-order valence-corrected chi connectivity index (χ3v) is 2.51. The van der Waals surface area contributed by atoms with Gasteiger partial charge in [0.1, 0.15) is 6.29 Å². The van der Waals surface area contributed by atoms with Crippen LogP contribution in [0.2, 0.25) is 0 Å². The topological polar surface area (TPSA) is 17.1 Å². The molecule has 0 unspecified atom stereocenters. The standard InChI is InChI=1S/C13H24O/c1-4-5-7-12(2)8-6-9-13(3)10-11-14/h6,8,11-13H,4-5,7,9-10H2,1-3H3/b8-6+/t12-,13-/m1/s1. The number of unbranched alkanes of at least 4 members (excludes halogenated alkanes) is 1. The number of aldehydes is 1. The Morgan fingerprint density at radius 1 is 1.21 bits per heavy atom. The van der Waals surface area contributed by atoms with Gasteiger partial charge in [0.15, 0.2) is 0 Å². The summed E-state index contributed by atoms with van der Waals surface area (Å²) in [5.74, 6) is 1.19. The first kappa shape index (κ1) is 13.4. The van der Waals surface area contributed by atoms with E-state index in [1.165, 1.54) is 19.3 Å². The molecule has 0 aromatic rings. The molecule has 0 amide bonds. The van der Waals surface area contributed by atoms with Crippen molar-refractivity contribution in [3.8, 4) is 0 Å². The average Bonchev–Trinajstić information content (AvgIpc) is 2.15. The summed E-state index contributed by atoms with van der Waals surface area (Å²) >= 11 is 0. The Hall–Kier alpha value is -0.590. The summed E-state index contributed by atoms with van der Waals surface area (Å²) in [6, 6.07) is 0. The molecular formula is C13H24O. The Balaban J connectivity index is 3.54. The van der Waals surface area contributed by atoms with Crippen LogP contribution in [0.4, 0.5) is 0 Å². The number of rotatable bonds is 8. The van der Waals surface area contributed by atoms with Crippen LogP contribution in [0.1, 0.15) is 52.9 Å². The van der Waals surface area contributed by atoms with E-state index < -0.39 is 0 Å². The second-order valence-corrected chi connectivity index (χ2v) is 4.29. The van der Waals surface area contributed by atoms with Crippen LogP contribution in [0.5, 0.6) is 0 Å². The van der Waals surface area contributed by atoms with Crippen LogP contribution in [-0.4, -0.2) is 6.29 Å². The monoisotopic (exact) mass is 196 g/mol. The molecule has 0 aliphatic rings. The maximum Gasteiger partial charge on any atom is 0.120 e. The van der Waals surface area contributed by atoms with Gasteiger partial charge < -0.3 is 4.79 Å². The second-order valence-electron chi connectivity index (χ2n) is 4.29. The summed E-state index contributed by atoms with van der Waals surface area (Å²) in [6.45, 7) is 6.61. The number of carbonyl (C=O) groups is 1. The SMILES string of the molecule is CCCC[C@@H](C)/C=C/C[C@@H](C)CC=O. The van der Waals surface area contributed by atoms with E-state index in [0.29, 0.717) is 18.3 Å². The minimum atomic E-state index is 0.502. The molecule has 0 aromatic carbocycles. The Morgan fingerprint density at radius 2 is 1.93 bits per heavy atom. The highest BCUT2D eigenvalue weighted by Gasteiger charge is 1.98. The molecule has 0 aromatic heterocycles. The van der Waals surface area contributed by atoms with E-state index in [4.69, 9.17) is 0 Å². The zero-order chi connectivity index (χ0) is 10.8. The zero-order valence-corrected chi connectivity index (χ0v) is 9.83. The van der Waals surface area contributed by atoms with Crippen molar-refractivity contribution in [3.63, 3.8) is 0 Å². The van der Waals surface area contributed by atoms with Crippen LogP contribution < -0.4 is 0 Å². The molecule has 0 saturated carbocycles. The minimum absolute atomic E-state index is 0.502. The van der Waals surface area contributed by atoms with Gasteiger partial charge in [-0.1, -0.05) is 45.8 Å². The number of hydrogen-bond acceptors (Lipinski definition) is 1. The van der Waals surface area contributed by atoms with Crippen LogP contribution in [-0.2, 0) is 4.79 Å². The highest BCUT2D eigenvalue weighted by atomic mass is 16.1. The molecule has 82 valence electrons. The van der Waals surface area contributed by atoms with Gasteiger partial charge in [-0.25, -0.2) is 0 Å². The smallest absolute Gasteiger partial charge is 0.120 e. The highest BCUT2D eigenvalue weighted by Crippen LogP contribution is 2.11. The number of carbonyl (C=O) groups excluding carboxylic acids is 1. The third kappa shape index (κ3) is 8.03. The van der Waals surface area contributed by atoms with Crippen LogP contribution >= 0.6 is 0 Å².